The molecule has 0 N–H and O–H groups in total. The Kier molecular flexibility index (Phi) is 5.49. The van der Waals surface area contributed by atoms with Gasteiger partial charge in [0, 0.05) is 0 Å². The van der Waals surface area contributed by atoms with Crippen molar-refractivity contribution < 1.29 is 4.74 Å². The predicted octanol–water partition coefficient (Wildman–Crippen LogP) is 2.71. The Morgan fingerprint density at radius 2 is 2.00 bits per heavy atom. The lowest BCUT2D eigenvalue weighted by Gasteiger charge is -1.89. The Labute approximate surface area is 69.1 Å². The van der Waals surface area contributed by atoms with Crippen molar-refractivity contribution in [1.82, 2.24) is 0 Å². The highest BCUT2D eigenvalue weighted by Crippen LogP contribution is 2.19. The van der Waals surface area contributed by atoms with Crippen LogP contribution >= 0.6 is 0 Å². The molecular weight excluding hydrogens is 136 g/mol. The summed E-state index contributed by atoms with van der Waals surface area (Å²) < 4.78 is 5.03. The summed E-state index contributed by atoms with van der Waals surface area (Å²) in [4.78, 5) is 0. The first-order chi connectivity index (χ1) is 5.38. The Balaban J connectivity index is 0.000000461. The van der Waals surface area contributed by atoms with Gasteiger partial charge in [-0.15, -0.1) is 0 Å². The lowest BCUT2D eigenvalue weighted by Crippen LogP contribution is -1.85. The SMILES string of the molecule is C=C/C=C(\C=C)C1CO1.CC. The molecule has 1 aliphatic rings. The second-order valence-electron chi connectivity index (χ2n) is 1.93. The first kappa shape index (κ1) is 10.2. The summed E-state index contributed by atoms with van der Waals surface area (Å²) in [6, 6.07) is 0. The molecule has 11 heavy (non-hydrogen) atoms. The highest BCUT2D eigenvalue weighted by Gasteiger charge is 2.24. The van der Waals surface area contributed by atoms with Crippen molar-refractivity contribution in [3.63, 3.8) is 0 Å². The molecule has 0 amide bonds. The zero-order valence-corrected chi connectivity index (χ0v) is 7.34. The van der Waals surface area contributed by atoms with Gasteiger partial charge < -0.3 is 4.74 Å². The highest BCUT2D eigenvalue weighted by molar-refractivity contribution is 5.27. The molecule has 1 nitrogen and oxygen atoms in total. The number of ether oxygens (including phenoxy) is 1. The zero-order valence-electron chi connectivity index (χ0n) is 7.34. The minimum absolute atomic E-state index is 0.306. The van der Waals surface area contributed by atoms with Crippen LogP contribution in [0, 0.1) is 0 Å². The fourth-order valence-electron chi connectivity index (χ4n) is 0.683. The molecule has 0 aliphatic carbocycles. The van der Waals surface area contributed by atoms with E-state index < -0.39 is 0 Å². The van der Waals surface area contributed by atoms with E-state index in [0.717, 1.165) is 12.2 Å². The van der Waals surface area contributed by atoms with Crippen LogP contribution < -0.4 is 0 Å². The lowest BCUT2D eigenvalue weighted by atomic mass is 10.2. The van der Waals surface area contributed by atoms with Crippen molar-refractivity contribution in [3.05, 3.63) is 37.0 Å². The van der Waals surface area contributed by atoms with E-state index >= 15 is 0 Å². The fourth-order valence-corrected chi connectivity index (χ4v) is 0.683. The zero-order chi connectivity index (χ0) is 8.69. The number of hydrogen-bond acceptors (Lipinski definition) is 1. The van der Waals surface area contributed by atoms with Gasteiger partial charge in [-0.25, -0.2) is 0 Å². The molecule has 1 saturated heterocycles. The van der Waals surface area contributed by atoms with Crippen LogP contribution in [0.25, 0.3) is 0 Å². The Hall–Kier alpha value is -0.820. The number of allylic oxidation sites excluding steroid dienone is 2. The van der Waals surface area contributed by atoms with Gasteiger partial charge in [0.05, 0.1) is 6.61 Å². The molecule has 0 aromatic carbocycles. The van der Waals surface area contributed by atoms with Gasteiger partial charge >= 0.3 is 0 Å². The van der Waals surface area contributed by atoms with Gasteiger partial charge in [-0.3, -0.25) is 0 Å². The van der Waals surface area contributed by atoms with E-state index in [4.69, 9.17) is 4.74 Å². The average Bonchev–Trinajstić information content (AvgIpc) is 2.87. The second-order valence-corrected chi connectivity index (χ2v) is 1.93. The summed E-state index contributed by atoms with van der Waals surface area (Å²) in [6.45, 7) is 12.1. The van der Waals surface area contributed by atoms with E-state index in [1.165, 1.54) is 0 Å². The molecule has 0 aromatic heterocycles. The van der Waals surface area contributed by atoms with Gasteiger partial charge in [0.2, 0.25) is 0 Å². The molecule has 1 aliphatic heterocycles. The van der Waals surface area contributed by atoms with Gasteiger partial charge in [0.25, 0.3) is 0 Å². The summed E-state index contributed by atoms with van der Waals surface area (Å²) in [7, 11) is 0. The van der Waals surface area contributed by atoms with Gasteiger partial charge in [0.15, 0.2) is 0 Å². The number of hydrogen-bond donors (Lipinski definition) is 0. The second kappa shape index (κ2) is 5.93. The Bertz CT molecular complexity index is 152. The maximum atomic E-state index is 5.03. The molecule has 0 bridgehead atoms. The van der Waals surface area contributed by atoms with E-state index in [2.05, 4.69) is 13.2 Å². The summed E-state index contributed by atoms with van der Waals surface area (Å²) in [5.74, 6) is 0. The van der Waals surface area contributed by atoms with E-state index in [9.17, 15) is 0 Å². The van der Waals surface area contributed by atoms with Crippen LogP contribution in [0.1, 0.15) is 13.8 Å². The summed E-state index contributed by atoms with van der Waals surface area (Å²) in [5, 5.41) is 0. The molecule has 1 heterocycles. The molecule has 1 atom stereocenters. The van der Waals surface area contributed by atoms with Crippen molar-refractivity contribution in [2.45, 2.75) is 20.0 Å². The third-order valence-electron chi connectivity index (χ3n) is 1.25. The van der Waals surface area contributed by atoms with E-state index in [-0.39, 0.29) is 0 Å². The molecule has 0 radical (unpaired) electrons. The first-order valence-corrected chi connectivity index (χ1v) is 3.95. The van der Waals surface area contributed by atoms with Crippen molar-refractivity contribution in [2.75, 3.05) is 6.61 Å². The molecule has 1 rings (SSSR count). The van der Waals surface area contributed by atoms with Gasteiger partial charge in [-0.1, -0.05) is 45.2 Å². The molecule has 0 spiro atoms. The predicted molar refractivity (Wildman–Crippen MR) is 49.6 cm³/mol. The maximum Gasteiger partial charge on any atom is 0.106 e. The first-order valence-electron chi connectivity index (χ1n) is 3.95. The third kappa shape index (κ3) is 3.79. The Morgan fingerprint density at radius 1 is 1.45 bits per heavy atom. The fraction of sp³-hybridized carbons (Fsp3) is 0.400. The smallest absolute Gasteiger partial charge is 0.106 e. The maximum absolute atomic E-state index is 5.03. The molecular formula is C10H16O. The van der Waals surface area contributed by atoms with E-state index in [1.54, 1.807) is 12.2 Å². The number of rotatable bonds is 3. The van der Waals surface area contributed by atoms with Crippen molar-refractivity contribution in [1.29, 1.82) is 0 Å². The van der Waals surface area contributed by atoms with Crippen molar-refractivity contribution in [3.8, 4) is 0 Å². The minimum atomic E-state index is 0.306. The monoisotopic (exact) mass is 152 g/mol. The van der Waals surface area contributed by atoms with Gasteiger partial charge in [-0.2, -0.15) is 0 Å². The molecule has 0 saturated carbocycles. The largest absolute Gasteiger partial charge is 0.368 e. The molecule has 0 aromatic rings. The van der Waals surface area contributed by atoms with Crippen LogP contribution in [0.4, 0.5) is 0 Å². The summed E-state index contributed by atoms with van der Waals surface area (Å²) in [5.41, 5.74) is 1.13. The molecule has 1 unspecified atom stereocenters. The Morgan fingerprint density at radius 3 is 2.27 bits per heavy atom. The van der Waals surface area contributed by atoms with Crippen LogP contribution in [0.3, 0.4) is 0 Å². The third-order valence-corrected chi connectivity index (χ3v) is 1.25. The van der Waals surface area contributed by atoms with Crippen LogP contribution in [-0.4, -0.2) is 12.7 Å². The van der Waals surface area contributed by atoms with E-state index in [1.807, 2.05) is 19.9 Å². The molecule has 62 valence electrons. The number of epoxide rings is 1. The lowest BCUT2D eigenvalue weighted by molar-refractivity contribution is 0.434. The van der Waals surface area contributed by atoms with Crippen molar-refractivity contribution >= 4 is 0 Å². The van der Waals surface area contributed by atoms with Crippen LogP contribution in [0.2, 0.25) is 0 Å². The van der Waals surface area contributed by atoms with Crippen molar-refractivity contribution in [2.24, 2.45) is 0 Å². The summed E-state index contributed by atoms with van der Waals surface area (Å²) >= 11 is 0. The molecule has 1 heteroatoms. The minimum Gasteiger partial charge on any atom is -0.368 e. The quantitative estimate of drug-likeness (QED) is 0.447. The van der Waals surface area contributed by atoms with E-state index in [0.29, 0.717) is 6.10 Å². The molecule has 1 fully saturated rings. The summed E-state index contributed by atoms with van der Waals surface area (Å²) in [6.07, 6.45) is 5.78. The van der Waals surface area contributed by atoms with Crippen LogP contribution in [0.15, 0.2) is 37.0 Å². The van der Waals surface area contributed by atoms with Crippen LogP contribution in [-0.2, 0) is 4.74 Å². The normalized spacial score (nSPS) is 21.3. The highest BCUT2D eigenvalue weighted by atomic mass is 16.6. The average molecular weight is 152 g/mol. The standard InChI is InChI=1S/C8H10O.C2H6/c1-3-5-7(4-2)8-6-9-8;1-2/h3-5,8H,1-2,6H2;1-2H3/b7-5+;. The van der Waals surface area contributed by atoms with Crippen LogP contribution in [0.5, 0.6) is 0 Å². The topological polar surface area (TPSA) is 12.5 Å². The van der Waals surface area contributed by atoms with Gasteiger partial charge in [-0.05, 0) is 5.57 Å². The van der Waals surface area contributed by atoms with Gasteiger partial charge in [0.1, 0.15) is 6.10 Å².